The number of aromatic nitrogens is 2. The first-order valence-electron chi connectivity index (χ1n) is 6.83. The highest BCUT2D eigenvalue weighted by molar-refractivity contribution is 6.31. The Balaban J connectivity index is 2.05. The molecule has 0 atom stereocenters. The molecule has 0 aliphatic heterocycles. The molecule has 1 aromatic heterocycles. The van der Waals surface area contributed by atoms with Crippen molar-refractivity contribution in [3.05, 3.63) is 41.2 Å². The van der Waals surface area contributed by atoms with Crippen molar-refractivity contribution < 1.29 is 14.3 Å². The van der Waals surface area contributed by atoms with Crippen LogP contribution < -0.4 is 15.4 Å². The van der Waals surface area contributed by atoms with Crippen molar-refractivity contribution in [1.29, 1.82) is 0 Å². The molecule has 0 saturated carbocycles. The summed E-state index contributed by atoms with van der Waals surface area (Å²) in [5.74, 6) is 0.592. The maximum Gasteiger partial charge on any atom is 0.258 e. The highest BCUT2D eigenvalue weighted by Gasteiger charge is 2.11. The van der Waals surface area contributed by atoms with Crippen LogP contribution in [0.1, 0.15) is 10.4 Å². The summed E-state index contributed by atoms with van der Waals surface area (Å²) < 4.78 is 10.1. The lowest BCUT2D eigenvalue weighted by Gasteiger charge is -2.10. The molecule has 0 spiro atoms. The quantitative estimate of drug-likeness (QED) is 0.755. The minimum atomic E-state index is -0.353. The second kappa shape index (κ2) is 8.30. The molecule has 0 aliphatic rings. The molecule has 1 aromatic carbocycles. The molecule has 0 radical (unpaired) electrons. The Bertz CT molecular complexity index is 664. The fourth-order valence-corrected chi connectivity index (χ4v) is 1.95. The predicted molar refractivity (Wildman–Crippen MR) is 88.4 cm³/mol. The first-order chi connectivity index (χ1) is 11.1. The standard InChI is InChI=1S/C15H17ClN4O3/c1-22-6-5-17-15-18-8-10(9-19-15)14(21)20-12-7-11(16)3-4-13(12)23-2/h3-4,7-9H,5-6H2,1-2H3,(H,20,21)(H,17,18,19). The maximum absolute atomic E-state index is 12.2. The summed E-state index contributed by atoms with van der Waals surface area (Å²) in [4.78, 5) is 20.4. The fraction of sp³-hybridized carbons (Fsp3) is 0.267. The molecule has 0 saturated heterocycles. The van der Waals surface area contributed by atoms with Crippen molar-refractivity contribution in [2.24, 2.45) is 0 Å². The van der Waals surface area contributed by atoms with Gasteiger partial charge in [0.25, 0.3) is 5.91 Å². The van der Waals surface area contributed by atoms with Gasteiger partial charge in [-0.15, -0.1) is 0 Å². The van der Waals surface area contributed by atoms with Crippen molar-refractivity contribution in [3.8, 4) is 5.75 Å². The number of hydrogen-bond donors (Lipinski definition) is 2. The molecule has 0 aliphatic carbocycles. The van der Waals surface area contributed by atoms with Gasteiger partial charge in [-0.3, -0.25) is 4.79 Å². The zero-order valence-corrected chi connectivity index (χ0v) is 13.6. The van der Waals surface area contributed by atoms with Crippen LogP contribution in [0.4, 0.5) is 11.6 Å². The van der Waals surface area contributed by atoms with Crippen LogP contribution in [-0.4, -0.2) is 43.2 Å². The number of nitrogens with one attached hydrogen (secondary N) is 2. The average Bonchev–Trinajstić information content (AvgIpc) is 2.56. The Morgan fingerprint density at radius 2 is 2.00 bits per heavy atom. The molecule has 0 fully saturated rings. The van der Waals surface area contributed by atoms with Gasteiger partial charge in [-0.05, 0) is 18.2 Å². The number of benzene rings is 1. The number of methoxy groups -OCH3 is 2. The molecular formula is C15H17ClN4O3. The summed E-state index contributed by atoms with van der Waals surface area (Å²) >= 11 is 5.93. The van der Waals surface area contributed by atoms with Crippen LogP contribution in [0, 0.1) is 0 Å². The van der Waals surface area contributed by atoms with Crippen molar-refractivity contribution >= 4 is 29.1 Å². The SMILES string of the molecule is COCCNc1ncc(C(=O)Nc2cc(Cl)ccc2OC)cn1. The van der Waals surface area contributed by atoms with Gasteiger partial charge in [-0.1, -0.05) is 11.6 Å². The fourth-order valence-electron chi connectivity index (χ4n) is 1.77. The van der Waals surface area contributed by atoms with E-state index in [4.69, 9.17) is 21.1 Å². The third-order valence-electron chi connectivity index (χ3n) is 2.91. The lowest BCUT2D eigenvalue weighted by molar-refractivity contribution is 0.102. The van der Waals surface area contributed by atoms with E-state index >= 15 is 0 Å². The number of carbonyl (C=O) groups excluding carboxylic acids is 1. The van der Waals surface area contributed by atoms with Crippen molar-refractivity contribution in [1.82, 2.24) is 9.97 Å². The third kappa shape index (κ3) is 4.80. The number of ether oxygens (including phenoxy) is 2. The largest absolute Gasteiger partial charge is 0.495 e. The Morgan fingerprint density at radius 1 is 1.26 bits per heavy atom. The Kier molecular flexibility index (Phi) is 6.13. The first-order valence-corrected chi connectivity index (χ1v) is 7.21. The van der Waals surface area contributed by atoms with Crippen LogP contribution in [-0.2, 0) is 4.74 Å². The summed E-state index contributed by atoms with van der Waals surface area (Å²) in [6.07, 6.45) is 2.88. The molecule has 8 heteroatoms. The molecule has 2 N–H and O–H groups in total. The number of hydrogen-bond acceptors (Lipinski definition) is 6. The van der Waals surface area contributed by atoms with Crippen LogP contribution in [0.5, 0.6) is 5.75 Å². The molecule has 23 heavy (non-hydrogen) atoms. The van der Waals surface area contributed by atoms with Crippen LogP contribution in [0.15, 0.2) is 30.6 Å². The van der Waals surface area contributed by atoms with Crippen LogP contribution >= 0.6 is 11.6 Å². The van der Waals surface area contributed by atoms with Gasteiger partial charge in [0.1, 0.15) is 5.75 Å². The molecule has 1 heterocycles. The van der Waals surface area contributed by atoms with E-state index in [9.17, 15) is 4.79 Å². The first kappa shape index (κ1) is 17.0. The van der Waals surface area contributed by atoms with E-state index < -0.39 is 0 Å². The van der Waals surface area contributed by atoms with E-state index in [1.54, 1.807) is 25.3 Å². The topological polar surface area (TPSA) is 85.4 Å². The number of halogens is 1. The number of rotatable bonds is 7. The van der Waals surface area contributed by atoms with Gasteiger partial charge in [-0.25, -0.2) is 9.97 Å². The van der Waals surface area contributed by atoms with Crippen LogP contribution in [0.2, 0.25) is 5.02 Å². The monoisotopic (exact) mass is 336 g/mol. The minimum absolute atomic E-state index is 0.323. The smallest absolute Gasteiger partial charge is 0.258 e. The van der Waals surface area contributed by atoms with Gasteiger partial charge in [0.2, 0.25) is 5.95 Å². The van der Waals surface area contributed by atoms with E-state index in [2.05, 4.69) is 20.6 Å². The van der Waals surface area contributed by atoms with E-state index in [1.165, 1.54) is 19.5 Å². The summed E-state index contributed by atoms with van der Waals surface area (Å²) in [6, 6.07) is 4.97. The number of nitrogens with zero attached hydrogens (tertiary/aromatic N) is 2. The third-order valence-corrected chi connectivity index (χ3v) is 3.15. The van der Waals surface area contributed by atoms with Crippen LogP contribution in [0.25, 0.3) is 0 Å². The van der Waals surface area contributed by atoms with E-state index in [1.807, 2.05) is 0 Å². The maximum atomic E-state index is 12.2. The van der Waals surface area contributed by atoms with E-state index in [0.29, 0.717) is 41.1 Å². The van der Waals surface area contributed by atoms with Crippen molar-refractivity contribution in [2.75, 3.05) is 38.0 Å². The Hall–Kier alpha value is -2.38. The van der Waals surface area contributed by atoms with E-state index in [0.717, 1.165) is 0 Å². The molecule has 0 bridgehead atoms. The molecular weight excluding hydrogens is 320 g/mol. The summed E-state index contributed by atoms with van der Waals surface area (Å²) in [5.41, 5.74) is 0.802. The second-order valence-electron chi connectivity index (χ2n) is 4.51. The zero-order valence-electron chi connectivity index (χ0n) is 12.8. The van der Waals surface area contributed by atoms with Gasteiger partial charge in [0, 0.05) is 31.1 Å². The van der Waals surface area contributed by atoms with Gasteiger partial charge in [0.05, 0.1) is 25.0 Å². The van der Waals surface area contributed by atoms with Gasteiger partial charge in [-0.2, -0.15) is 0 Å². The molecule has 2 rings (SSSR count). The van der Waals surface area contributed by atoms with Gasteiger partial charge in [0.15, 0.2) is 0 Å². The Labute approximate surface area is 139 Å². The molecule has 2 aromatic rings. The predicted octanol–water partition coefficient (Wildman–Crippen LogP) is 2.45. The summed E-state index contributed by atoms with van der Waals surface area (Å²) in [5, 5.41) is 6.19. The molecule has 122 valence electrons. The highest BCUT2D eigenvalue weighted by Crippen LogP contribution is 2.28. The van der Waals surface area contributed by atoms with Crippen molar-refractivity contribution in [2.45, 2.75) is 0 Å². The zero-order chi connectivity index (χ0) is 16.7. The normalized spacial score (nSPS) is 10.2. The molecule has 1 amide bonds. The van der Waals surface area contributed by atoms with Gasteiger partial charge < -0.3 is 20.1 Å². The second-order valence-corrected chi connectivity index (χ2v) is 4.95. The van der Waals surface area contributed by atoms with Crippen molar-refractivity contribution in [3.63, 3.8) is 0 Å². The van der Waals surface area contributed by atoms with Crippen LogP contribution in [0.3, 0.4) is 0 Å². The Morgan fingerprint density at radius 3 is 2.65 bits per heavy atom. The minimum Gasteiger partial charge on any atom is -0.495 e. The van der Waals surface area contributed by atoms with Gasteiger partial charge >= 0.3 is 0 Å². The highest BCUT2D eigenvalue weighted by atomic mass is 35.5. The number of amides is 1. The molecule has 7 nitrogen and oxygen atoms in total. The number of anilines is 2. The van der Waals surface area contributed by atoms with E-state index in [-0.39, 0.29) is 5.91 Å². The summed E-state index contributed by atoms with van der Waals surface area (Å²) in [6.45, 7) is 1.13. The number of carbonyl (C=O) groups is 1. The summed E-state index contributed by atoms with van der Waals surface area (Å²) in [7, 11) is 3.13. The average molecular weight is 337 g/mol. The lowest BCUT2D eigenvalue weighted by Crippen LogP contribution is -2.15. The lowest BCUT2D eigenvalue weighted by atomic mass is 10.2. The molecule has 0 unspecified atom stereocenters.